The van der Waals surface area contributed by atoms with Crippen LogP contribution in [-0.4, -0.2) is 59.5 Å². The average Bonchev–Trinajstić information content (AvgIpc) is 2.48. The first-order valence-corrected chi connectivity index (χ1v) is 7.57. The zero-order chi connectivity index (χ0) is 14.5. The largest absolute Gasteiger partial charge is 0.409 e. The van der Waals surface area contributed by atoms with Crippen LogP contribution in [-0.2, 0) is 4.79 Å². The fraction of sp³-hybridized carbons (Fsp3) is 0.857. The molecule has 20 heavy (non-hydrogen) atoms. The molecule has 0 aromatic carbocycles. The summed E-state index contributed by atoms with van der Waals surface area (Å²) in [4.78, 5) is 16.6. The van der Waals surface area contributed by atoms with Crippen molar-refractivity contribution in [3.05, 3.63) is 0 Å². The number of carbonyl (C=O) groups is 1. The Hall–Kier alpha value is -1.30. The molecule has 114 valence electrons. The summed E-state index contributed by atoms with van der Waals surface area (Å²) >= 11 is 0. The molecule has 0 unspecified atom stereocenters. The normalized spacial score (nSPS) is 29.4. The van der Waals surface area contributed by atoms with Crippen LogP contribution in [0.15, 0.2) is 5.16 Å². The van der Waals surface area contributed by atoms with Crippen LogP contribution in [0.1, 0.15) is 32.6 Å². The van der Waals surface area contributed by atoms with E-state index in [1.807, 2.05) is 4.90 Å². The molecule has 3 N–H and O–H groups in total. The molecule has 2 fully saturated rings. The molecule has 6 nitrogen and oxygen atoms in total. The summed E-state index contributed by atoms with van der Waals surface area (Å²) in [7, 11) is 0. The molecule has 1 saturated heterocycles. The van der Waals surface area contributed by atoms with Crippen LogP contribution in [0.3, 0.4) is 0 Å². The third-order valence-electron chi connectivity index (χ3n) is 4.56. The summed E-state index contributed by atoms with van der Waals surface area (Å²) in [5.74, 6) is 1.57. The van der Waals surface area contributed by atoms with Gasteiger partial charge in [-0.05, 0) is 31.6 Å². The number of oxime groups is 1. The Morgan fingerprint density at radius 3 is 2.35 bits per heavy atom. The molecule has 1 aliphatic heterocycles. The second-order valence-corrected chi connectivity index (χ2v) is 6.15. The highest BCUT2D eigenvalue weighted by Crippen LogP contribution is 2.29. The summed E-state index contributed by atoms with van der Waals surface area (Å²) in [6, 6.07) is 0. The summed E-state index contributed by atoms with van der Waals surface area (Å²) in [5, 5.41) is 11.6. The Morgan fingerprint density at radius 2 is 1.80 bits per heavy atom. The molecule has 0 atom stereocenters. The molecule has 0 aromatic rings. The van der Waals surface area contributed by atoms with Crippen molar-refractivity contribution in [1.82, 2.24) is 9.80 Å². The molecule has 0 aromatic heterocycles. The molecule has 0 spiro atoms. The van der Waals surface area contributed by atoms with Crippen molar-refractivity contribution >= 4 is 11.7 Å². The highest BCUT2D eigenvalue weighted by atomic mass is 16.4. The lowest BCUT2D eigenvalue weighted by Gasteiger charge is -2.37. The van der Waals surface area contributed by atoms with Crippen molar-refractivity contribution in [3.8, 4) is 0 Å². The highest BCUT2D eigenvalue weighted by molar-refractivity contribution is 5.82. The zero-order valence-electron chi connectivity index (χ0n) is 12.3. The van der Waals surface area contributed by atoms with Gasteiger partial charge in [-0.15, -0.1) is 0 Å². The number of rotatable bonds is 3. The van der Waals surface area contributed by atoms with E-state index < -0.39 is 0 Å². The topological polar surface area (TPSA) is 82.2 Å². The second kappa shape index (κ2) is 6.92. The third-order valence-corrected chi connectivity index (χ3v) is 4.56. The number of carbonyl (C=O) groups excluding carboxylic acids is 1. The maximum atomic E-state index is 12.5. The Labute approximate surface area is 120 Å². The Bertz CT molecular complexity index is 356. The van der Waals surface area contributed by atoms with Crippen LogP contribution < -0.4 is 5.73 Å². The summed E-state index contributed by atoms with van der Waals surface area (Å²) in [6.45, 7) is 5.84. The Kier molecular flexibility index (Phi) is 5.23. The van der Waals surface area contributed by atoms with E-state index in [1.54, 1.807) is 0 Å². The summed E-state index contributed by atoms with van der Waals surface area (Å²) < 4.78 is 0. The fourth-order valence-corrected chi connectivity index (χ4v) is 3.15. The predicted molar refractivity (Wildman–Crippen MR) is 77.6 cm³/mol. The highest BCUT2D eigenvalue weighted by Gasteiger charge is 2.30. The monoisotopic (exact) mass is 282 g/mol. The number of piperazine rings is 1. The van der Waals surface area contributed by atoms with Crippen LogP contribution in [0.5, 0.6) is 0 Å². The maximum Gasteiger partial charge on any atom is 0.225 e. The van der Waals surface area contributed by atoms with Crippen molar-refractivity contribution in [2.75, 3.05) is 32.7 Å². The Balaban J connectivity index is 1.77. The van der Waals surface area contributed by atoms with Gasteiger partial charge in [0.25, 0.3) is 0 Å². The number of amides is 1. The lowest BCUT2D eigenvalue weighted by molar-refractivity contribution is -0.138. The maximum absolute atomic E-state index is 12.5. The van der Waals surface area contributed by atoms with Crippen molar-refractivity contribution in [2.24, 2.45) is 22.7 Å². The SMILES string of the molecule is CC1CCC(C(=O)N2CCN(CC(N)=NO)CC2)CC1. The fourth-order valence-electron chi connectivity index (χ4n) is 3.15. The molecular weight excluding hydrogens is 256 g/mol. The van der Waals surface area contributed by atoms with Gasteiger partial charge in [0, 0.05) is 32.1 Å². The van der Waals surface area contributed by atoms with Gasteiger partial charge in [0.05, 0.1) is 6.54 Å². The molecule has 0 radical (unpaired) electrons. The van der Waals surface area contributed by atoms with Crippen molar-refractivity contribution in [2.45, 2.75) is 32.6 Å². The van der Waals surface area contributed by atoms with Crippen LogP contribution in [0.2, 0.25) is 0 Å². The minimum Gasteiger partial charge on any atom is -0.409 e. The van der Waals surface area contributed by atoms with E-state index in [-0.39, 0.29) is 11.8 Å². The van der Waals surface area contributed by atoms with E-state index in [2.05, 4.69) is 17.0 Å². The lowest BCUT2D eigenvalue weighted by Crippen LogP contribution is -2.52. The van der Waals surface area contributed by atoms with Gasteiger partial charge in [0.15, 0.2) is 5.84 Å². The number of hydrogen-bond donors (Lipinski definition) is 2. The van der Waals surface area contributed by atoms with Crippen molar-refractivity contribution in [3.63, 3.8) is 0 Å². The van der Waals surface area contributed by atoms with Gasteiger partial charge >= 0.3 is 0 Å². The van der Waals surface area contributed by atoms with Gasteiger partial charge in [-0.25, -0.2) is 0 Å². The first-order valence-electron chi connectivity index (χ1n) is 7.57. The molecule has 2 aliphatic rings. The molecule has 2 rings (SSSR count). The molecule has 1 heterocycles. The molecule has 1 saturated carbocycles. The van der Waals surface area contributed by atoms with E-state index in [9.17, 15) is 4.79 Å². The van der Waals surface area contributed by atoms with Gasteiger partial charge in [0.2, 0.25) is 5.91 Å². The number of nitrogens with two attached hydrogens (primary N) is 1. The number of nitrogens with zero attached hydrogens (tertiary/aromatic N) is 3. The lowest BCUT2D eigenvalue weighted by atomic mass is 9.82. The van der Waals surface area contributed by atoms with Crippen LogP contribution in [0.25, 0.3) is 0 Å². The molecule has 0 bridgehead atoms. The first-order chi connectivity index (χ1) is 9.60. The molecule has 1 amide bonds. The summed E-state index contributed by atoms with van der Waals surface area (Å²) in [6.07, 6.45) is 4.45. The number of hydrogen-bond acceptors (Lipinski definition) is 4. The van der Waals surface area contributed by atoms with E-state index >= 15 is 0 Å². The zero-order valence-corrected chi connectivity index (χ0v) is 12.3. The van der Waals surface area contributed by atoms with E-state index in [1.165, 1.54) is 12.8 Å². The van der Waals surface area contributed by atoms with Gasteiger partial charge in [0.1, 0.15) is 0 Å². The average molecular weight is 282 g/mol. The van der Waals surface area contributed by atoms with Gasteiger partial charge in [-0.1, -0.05) is 12.1 Å². The first kappa shape index (κ1) is 15.1. The minimum atomic E-state index is 0.228. The van der Waals surface area contributed by atoms with E-state index in [0.717, 1.165) is 44.9 Å². The van der Waals surface area contributed by atoms with Gasteiger partial charge in [-0.3, -0.25) is 9.69 Å². The third kappa shape index (κ3) is 3.85. The Morgan fingerprint density at radius 1 is 1.20 bits per heavy atom. The van der Waals surface area contributed by atoms with E-state index in [0.29, 0.717) is 12.5 Å². The van der Waals surface area contributed by atoms with Crippen LogP contribution in [0.4, 0.5) is 0 Å². The van der Waals surface area contributed by atoms with Gasteiger partial charge < -0.3 is 15.8 Å². The number of amidine groups is 1. The smallest absolute Gasteiger partial charge is 0.225 e. The summed E-state index contributed by atoms with van der Waals surface area (Å²) in [5.41, 5.74) is 5.51. The minimum absolute atomic E-state index is 0.228. The van der Waals surface area contributed by atoms with E-state index in [4.69, 9.17) is 10.9 Å². The standard InChI is InChI=1S/C14H26N4O2/c1-11-2-4-12(5-3-11)14(19)18-8-6-17(7-9-18)10-13(15)16-20/h11-12,20H,2-10H2,1H3,(H2,15,16). The van der Waals surface area contributed by atoms with Crippen LogP contribution >= 0.6 is 0 Å². The van der Waals surface area contributed by atoms with Gasteiger partial charge in [-0.2, -0.15) is 0 Å². The van der Waals surface area contributed by atoms with Crippen LogP contribution in [0, 0.1) is 11.8 Å². The molecule has 1 aliphatic carbocycles. The van der Waals surface area contributed by atoms with Crippen molar-refractivity contribution < 1.29 is 10.0 Å². The predicted octanol–water partition coefficient (Wildman–Crippen LogP) is 0.703. The quantitative estimate of drug-likeness (QED) is 0.345. The van der Waals surface area contributed by atoms with Crippen molar-refractivity contribution in [1.29, 1.82) is 0 Å². The molecule has 6 heteroatoms. The second-order valence-electron chi connectivity index (χ2n) is 6.15. The molecular formula is C14H26N4O2.